The van der Waals surface area contributed by atoms with Crippen molar-refractivity contribution in [3.63, 3.8) is 0 Å². The van der Waals surface area contributed by atoms with Gasteiger partial charge in [0.15, 0.2) is 0 Å². The highest BCUT2D eigenvalue weighted by Gasteiger charge is 2.29. The molecule has 1 unspecified atom stereocenters. The van der Waals surface area contributed by atoms with E-state index in [1.807, 2.05) is 0 Å². The molecule has 0 amide bonds. The molecule has 1 fully saturated rings. The van der Waals surface area contributed by atoms with Crippen LogP contribution >= 0.6 is 11.6 Å². The van der Waals surface area contributed by atoms with Crippen molar-refractivity contribution in [2.45, 2.75) is 45.6 Å². The summed E-state index contributed by atoms with van der Waals surface area (Å²) in [5, 5.41) is 14.6. The normalized spacial score (nSPS) is 21.9. The van der Waals surface area contributed by atoms with Crippen LogP contribution in [0.4, 0.5) is 11.4 Å². The fourth-order valence-electron chi connectivity index (χ4n) is 2.86. The van der Waals surface area contributed by atoms with Gasteiger partial charge in [-0.2, -0.15) is 0 Å². The molecule has 0 aliphatic heterocycles. The van der Waals surface area contributed by atoms with Crippen LogP contribution < -0.4 is 5.32 Å². The van der Waals surface area contributed by atoms with Gasteiger partial charge in [0.05, 0.1) is 4.92 Å². The summed E-state index contributed by atoms with van der Waals surface area (Å²) in [4.78, 5) is 10.7. The molecule has 5 heteroatoms. The monoisotopic (exact) mass is 282 g/mol. The number of para-hydroxylation sites is 1. The molecule has 1 aliphatic rings. The second kappa shape index (κ2) is 5.37. The fourth-order valence-corrected chi connectivity index (χ4v) is 3.10. The second-order valence-electron chi connectivity index (χ2n) is 5.99. The lowest BCUT2D eigenvalue weighted by molar-refractivity contribution is -0.383. The number of hydrogen-bond acceptors (Lipinski definition) is 3. The van der Waals surface area contributed by atoms with E-state index in [-0.39, 0.29) is 16.8 Å². The molecule has 1 aromatic carbocycles. The molecule has 104 valence electrons. The topological polar surface area (TPSA) is 55.2 Å². The fraction of sp³-hybridized carbons (Fsp3) is 0.571. The van der Waals surface area contributed by atoms with Crippen molar-refractivity contribution in [1.82, 2.24) is 0 Å². The summed E-state index contributed by atoms with van der Waals surface area (Å²) >= 11 is 5.92. The van der Waals surface area contributed by atoms with Gasteiger partial charge in [0.1, 0.15) is 10.7 Å². The molecule has 0 radical (unpaired) electrons. The number of benzene rings is 1. The Labute approximate surface area is 118 Å². The van der Waals surface area contributed by atoms with Crippen molar-refractivity contribution in [3.05, 3.63) is 33.3 Å². The summed E-state index contributed by atoms with van der Waals surface area (Å²) in [6.45, 7) is 4.49. The zero-order valence-electron chi connectivity index (χ0n) is 11.3. The van der Waals surface area contributed by atoms with Crippen LogP contribution in [0.1, 0.15) is 39.5 Å². The largest absolute Gasteiger partial charge is 0.377 e. The van der Waals surface area contributed by atoms with Gasteiger partial charge in [0.25, 0.3) is 0 Å². The van der Waals surface area contributed by atoms with Gasteiger partial charge >= 0.3 is 5.69 Å². The zero-order chi connectivity index (χ0) is 14.0. The van der Waals surface area contributed by atoms with Crippen molar-refractivity contribution in [1.29, 1.82) is 0 Å². The van der Waals surface area contributed by atoms with E-state index in [1.165, 1.54) is 6.42 Å². The van der Waals surface area contributed by atoms with E-state index < -0.39 is 4.92 Å². The third-order valence-electron chi connectivity index (χ3n) is 3.73. The molecule has 0 aromatic heterocycles. The summed E-state index contributed by atoms with van der Waals surface area (Å²) in [6.07, 6.45) is 4.44. The van der Waals surface area contributed by atoms with E-state index in [0.29, 0.717) is 11.1 Å². The molecule has 1 aliphatic carbocycles. The molecular weight excluding hydrogens is 264 g/mol. The Kier molecular flexibility index (Phi) is 3.99. The first kappa shape index (κ1) is 14.1. The first-order chi connectivity index (χ1) is 8.89. The number of nitrogens with zero attached hydrogens (tertiary/aromatic N) is 1. The maximum atomic E-state index is 11.1. The predicted octanol–water partition coefficient (Wildman–Crippen LogP) is 4.63. The summed E-state index contributed by atoms with van der Waals surface area (Å²) < 4.78 is 0. The summed E-state index contributed by atoms with van der Waals surface area (Å²) in [6, 6.07) is 5.30. The highest BCUT2D eigenvalue weighted by atomic mass is 35.5. The van der Waals surface area contributed by atoms with Gasteiger partial charge in [-0.3, -0.25) is 10.1 Å². The van der Waals surface area contributed by atoms with Gasteiger partial charge < -0.3 is 5.32 Å². The van der Waals surface area contributed by atoms with Crippen LogP contribution in [0.5, 0.6) is 0 Å². The molecule has 4 nitrogen and oxygen atoms in total. The maximum absolute atomic E-state index is 11.1. The standard InChI is InChI=1S/C14H19ClN2O2/c1-14(2)8-4-5-10(9-14)16-12-7-3-6-11(15)13(12)17(18)19/h3,6-7,10,16H,4-5,8-9H2,1-2H3. The Bertz CT molecular complexity index is 488. The summed E-state index contributed by atoms with van der Waals surface area (Å²) in [5.74, 6) is 0. The number of halogens is 1. The van der Waals surface area contributed by atoms with Gasteiger partial charge in [-0.25, -0.2) is 0 Å². The third kappa shape index (κ3) is 3.38. The van der Waals surface area contributed by atoms with Crippen LogP contribution in [0.2, 0.25) is 5.02 Å². The maximum Gasteiger partial charge on any atom is 0.310 e. The van der Waals surface area contributed by atoms with Crippen molar-refractivity contribution >= 4 is 23.0 Å². The zero-order valence-corrected chi connectivity index (χ0v) is 12.0. The van der Waals surface area contributed by atoms with Crippen molar-refractivity contribution < 1.29 is 4.92 Å². The number of nitro benzene ring substituents is 1. The van der Waals surface area contributed by atoms with Crippen LogP contribution in [0, 0.1) is 15.5 Å². The van der Waals surface area contributed by atoms with Gasteiger partial charge in [-0.15, -0.1) is 0 Å². The first-order valence-electron chi connectivity index (χ1n) is 6.58. The smallest absolute Gasteiger partial charge is 0.310 e. The lowest BCUT2D eigenvalue weighted by Crippen LogP contribution is -2.31. The second-order valence-corrected chi connectivity index (χ2v) is 6.40. The molecule has 0 saturated heterocycles. The molecule has 0 bridgehead atoms. The molecule has 1 atom stereocenters. The van der Waals surface area contributed by atoms with Crippen molar-refractivity contribution in [3.8, 4) is 0 Å². The molecule has 0 heterocycles. The number of anilines is 1. The number of rotatable bonds is 3. The number of nitro groups is 1. The summed E-state index contributed by atoms with van der Waals surface area (Å²) in [7, 11) is 0. The highest BCUT2D eigenvalue weighted by Crippen LogP contribution is 2.38. The van der Waals surface area contributed by atoms with E-state index in [4.69, 9.17) is 11.6 Å². The Morgan fingerprint density at radius 3 is 2.84 bits per heavy atom. The number of nitrogens with one attached hydrogen (secondary N) is 1. The SMILES string of the molecule is CC1(C)CCCC(Nc2cccc(Cl)c2[N+](=O)[O-])C1. The van der Waals surface area contributed by atoms with Crippen LogP contribution in [0.3, 0.4) is 0 Å². The minimum Gasteiger partial charge on any atom is -0.377 e. The Morgan fingerprint density at radius 2 is 2.21 bits per heavy atom. The van der Waals surface area contributed by atoms with Gasteiger partial charge in [-0.1, -0.05) is 37.9 Å². The Hall–Kier alpha value is -1.29. The van der Waals surface area contributed by atoms with Gasteiger partial charge in [0, 0.05) is 6.04 Å². The molecule has 2 rings (SSSR count). The molecule has 0 spiro atoms. The van der Waals surface area contributed by atoms with Crippen LogP contribution in [-0.2, 0) is 0 Å². The molecule has 1 saturated carbocycles. The average molecular weight is 283 g/mol. The molecule has 1 aromatic rings. The van der Waals surface area contributed by atoms with E-state index in [1.54, 1.807) is 18.2 Å². The third-order valence-corrected chi connectivity index (χ3v) is 4.04. The number of hydrogen-bond donors (Lipinski definition) is 1. The first-order valence-corrected chi connectivity index (χ1v) is 6.96. The van der Waals surface area contributed by atoms with E-state index >= 15 is 0 Å². The van der Waals surface area contributed by atoms with Gasteiger partial charge in [0.2, 0.25) is 0 Å². The summed E-state index contributed by atoms with van der Waals surface area (Å²) in [5.41, 5.74) is 0.802. The minimum atomic E-state index is -0.418. The minimum absolute atomic E-state index is 0.0208. The Balaban J connectivity index is 2.19. The van der Waals surface area contributed by atoms with Crippen LogP contribution in [0.25, 0.3) is 0 Å². The van der Waals surface area contributed by atoms with Crippen LogP contribution in [-0.4, -0.2) is 11.0 Å². The Morgan fingerprint density at radius 1 is 1.47 bits per heavy atom. The van der Waals surface area contributed by atoms with E-state index in [9.17, 15) is 10.1 Å². The van der Waals surface area contributed by atoms with Crippen LogP contribution in [0.15, 0.2) is 18.2 Å². The van der Waals surface area contributed by atoms with Crippen molar-refractivity contribution in [2.75, 3.05) is 5.32 Å². The van der Waals surface area contributed by atoms with Gasteiger partial charge in [-0.05, 0) is 36.8 Å². The van der Waals surface area contributed by atoms with E-state index in [0.717, 1.165) is 19.3 Å². The average Bonchev–Trinajstić information content (AvgIpc) is 2.26. The highest BCUT2D eigenvalue weighted by molar-refractivity contribution is 6.33. The molecular formula is C14H19ClN2O2. The lowest BCUT2D eigenvalue weighted by Gasteiger charge is -2.35. The van der Waals surface area contributed by atoms with E-state index in [2.05, 4.69) is 19.2 Å². The lowest BCUT2D eigenvalue weighted by atomic mass is 9.75. The molecule has 1 N–H and O–H groups in total. The quantitative estimate of drug-likeness (QED) is 0.649. The van der Waals surface area contributed by atoms with Crippen molar-refractivity contribution in [2.24, 2.45) is 5.41 Å². The predicted molar refractivity (Wildman–Crippen MR) is 77.8 cm³/mol. The molecule has 19 heavy (non-hydrogen) atoms.